The zero-order valence-corrected chi connectivity index (χ0v) is 15.4. The Morgan fingerprint density at radius 1 is 1.20 bits per heavy atom. The topological polar surface area (TPSA) is 61.8 Å². The van der Waals surface area contributed by atoms with Gasteiger partial charge in [0.25, 0.3) is 0 Å². The molecule has 0 bridgehead atoms. The molecule has 1 aliphatic rings. The highest BCUT2D eigenvalue weighted by Gasteiger charge is 2.35. The van der Waals surface area contributed by atoms with Gasteiger partial charge in [-0.15, -0.1) is 0 Å². The minimum absolute atomic E-state index is 0.0408. The number of aryl methyl sites for hydroxylation is 1. The van der Waals surface area contributed by atoms with Gasteiger partial charge in [-0.25, -0.2) is 5.43 Å². The summed E-state index contributed by atoms with van der Waals surface area (Å²) in [6, 6.07) is 15.3. The largest absolute Gasteiger partial charge is 0.312 e. The third kappa shape index (κ3) is 4.33. The van der Waals surface area contributed by atoms with Crippen LogP contribution in [-0.4, -0.2) is 24.6 Å². The van der Waals surface area contributed by atoms with E-state index in [9.17, 15) is 9.59 Å². The molecule has 1 fully saturated rings. The van der Waals surface area contributed by atoms with E-state index in [-0.39, 0.29) is 18.2 Å². The first-order chi connectivity index (χ1) is 12.0. The van der Waals surface area contributed by atoms with Crippen LogP contribution in [0.25, 0.3) is 0 Å². The molecule has 128 valence electrons. The van der Waals surface area contributed by atoms with Gasteiger partial charge in [0.2, 0.25) is 11.8 Å². The first-order valence-electron chi connectivity index (χ1n) is 7.98. The Morgan fingerprint density at radius 3 is 2.56 bits per heavy atom. The fraction of sp³-hybridized carbons (Fsp3) is 0.211. The summed E-state index contributed by atoms with van der Waals surface area (Å²) in [5, 5.41) is 3.98. The van der Waals surface area contributed by atoms with Crippen LogP contribution in [0.5, 0.6) is 0 Å². The average molecular weight is 400 g/mol. The van der Waals surface area contributed by atoms with Gasteiger partial charge in [0.1, 0.15) is 0 Å². The van der Waals surface area contributed by atoms with Crippen molar-refractivity contribution in [3.05, 3.63) is 64.1 Å². The van der Waals surface area contributed by atoms with E-state index in [2.05, 4.69) is 26.5 Å². The van der Waals surface area contributed by atoms with E-state index in [0.29, 0.717) is 6.54 Å². The Labute approximate surface area is 154 Å². The number of carbonyl (C=O) groups excluding carboxylic acids is 2. The van der Waals surface area contributed by atoms with Gasteiger partial charge in [-0.05, 0) is 36.8 Å². The van der Waals surface area contributed by atoms with Crippen LogP contribution in [-0.2, 0) is 9.59 Å². The fourth-order valence-corrected chi connectivity index (χ4v) is 2.93. The maximum Gasteiger partial charge on any atom is 0.245 e. The van der Waals surface area contributed by atoms with Crippen LogP contribution < -0.4 is 10.3 Å². The van der Waals surface area contributed by atoms with E-state index in [1.165, 1.54) is 0 Å². The van der Waals surface area contributed by atoms with Gasteiger partial charge in [-0.1, -0.05) is 45.8 Å². The molecule has 0 radical (unpaired) electrons. The van der Waals surface area contributed by atoms with Crippen molar-refractivity contribution in [2.24, 2.45) is 11.0 Å². The Balaban J connectivity index is 1.59. The molecule has 0 spiro atoms. The number of anilines is 1. The highest BCUT2D eigenvalue weighted by atomic mass is 79.9. The molecule has 5 nitrogen and oxygen atoms in total. The standard InChI is InChI=1S/C19H18BrN3O2/c1-13-2-8-17(9-3-13)23-12-15(10-18(23)24)19(25)22-21-11-14-4-6-16(20)7-5-14/h2-9,11,15H,10,12H2,1H3,(H,22,25)/b21-11-/t15-/m1/s1. The molecule has 1 N–H and O–H groups in total. The van der Waals surface area contributed by atoms with Crippen LogP contribution in [0.3, 0.4) is 0 Å². The predicted octanol–water partition coefficient (Wildman–Crippen LogP) is 3.26. The van der Waals surface area contributed by atoms with Crippen molar-refractivity contribution >= 4 is 39.6 Å². The molecule has 0 aromatic heterocycles. The highest BCUT2D eigenvalue weighted by Crippen LogP contribution is 2.25. The summed E-state index contributed by atoms with van der Waals surface area (Å²) >= 11 is 3.37. The maximum absolute atomic E-state index is 12.3. The molecular weight excluding hydrogens is 382 g/mol. The minimum atomic E-state index is -0.393. The number of rotatable bonds is 4. The van der Waals surface area contributed by atoms with E-state index in [1.54, 1.807) is 11.1 Å². The van der Waals surface area contributed by atoms with Crippen LogP contribution >= 0.6 is 15.9 Å². The maximum atomic E-state index is 12.3. The molecule has 1 aliphatic heterocycles. The van der Waals surface area contributed by atoms with Gasteiger partial charge in [0.15, 0.2) is 0 Å². The van der Waals surface area contributed by atoms with Crippen molar-refractivity contribution in [3.8, 4) is 0 Å². The van der Waals surface area contributed by atoms with Gasteiger partial charge in [-0.2, -0.15) is 5.10 Å². The van der Waals surface area contributed by atoms with Crippen LogP contribution in [0.1, 0.15) is 17.5 Å². The second-order valence-corrected chi connectivity index (χ2v) is 6.94. The minimum Gasteiger partial charge on any atom is -0.312 e. The van der Waals surface area contributed by atoms with Crippen LogP contribution in [0.15, 0.2) is 58.1 Å². The molecule has 0 saturated carbocycles. The highest BCUT2D eigenvalue weighted by molar-refractivity contribution is 9.10. The molecule has 1 atom stereocenters. The molecule has 1 heterocycles. The third-order valence-electron chi connectivity index (χ3n) is 4.10. The lowest BCUT2D eigenvalue weighted by atomic mass is 10.1. The van der Waals surface area contributed by atoms with Crippen LogP contribution in [0.2, 0.25) is 0 Å². The molecule has 0 aliphatic carbocycles. The zero-order valence-electron chi connectivity index (χ0n) is 13.8. The number of halogens is 1. The third-order valence-corrected chi connectivity index (χ3v) is 4.63. The molecule has 3 rings (SSSR count). The molecule has 6 heteroatoms. The molecule has 25 heavy (non-hydrogen) atoms. The van der Waals surface area contributed by atoms with E-state index in [0.717, 1.165) is 21.3 Å². The number of nitrogens with zero attached hydrogens (tertiary/aromatic N) is 2. The van der Waals surface area contributed by atoms with E-state index >= 15 is 0 Å². The van der Waals surface area contributed by atoms with Gasteiger partial charge in [-0.3, -0.25) is 9.59 Å². The molecule has 2 aromatic carbocycles. The van der Waals surface area contributed by atoms with Crippen molar-refractivity contribution in [1.82, 2.24) is 5.43 Å². The number of benzene rings is 2. The van der Waals surface area contributed by atoms with Crippen LogP contribution in [0, 0.1) is 12.8 Å². The molecule has 2 amide bonds. The predicted molar refractivity (Wildman–Crippen MR) is 102 cm³/mol. The summed E-state index contributed by atoms with van der Waals surface area (Å²) in [5.74, 6) is -0.673. The lowest BCUT2D eigenvalue weighted by Gasteiger charge is -2.16. The van der Waals surface area contributed by atoms with Crippen molar-refractivity contribution < 1.29 is 9.59 Å². The Morgan fingerprint density at radius 2 is 1.88 bits per heavy atom. The number of hydrogen-bond donors (Lipinski definition) is 1. The Kier molecular flexibility index (Phi) is 5.28. The first-order valence-corrected chi connectivity index (χ1v) is 8.78. The second kappa shape index (κ2) is 7.61. The lowest BCUT2D eigenvalue weighted by molar-refractivity contribution is -0.126. The Bertz CT molecular complexity index is 800. The molecular formula is C19H18BrN3O2. The van der Waals surface area contributed by atoms with Gasteiger partial charge < -0.3 is 4.90 Å². The second-order valence-electron chi connectivity index (χ2n) is 6.03. The van der Waals surface area contributed by atoms with E-state index in [4.69, 9.17) is 0 Å². The van der Waals surface area contributed by atoms with E-state index < -0.39 is 5.92 Å². The van der Waals surface area contributed by atoms with Crippen molar-refractivity contribution in [3.63, 3.8) is 0 Å². The van der Waals surface area contributed by atoms with Crippen molar-refractivity contribution in [2.45, 2.75) is 13.3 Å². The summed E-state index contributed by atoms with van der Waals surface area (Å²) in [6.07, 6.45) is 1.78. The molecule has 0 unspecified atom stereocenters. The number of hydrogen-bond acceptors (Lipinski definition) is 3. The summed E-state index contributed by atoms with van der Waals surface area (Å²) in [5.41, 5.74) is 5.37. The monoisotopic (exact) mass is 399 g/mol. The summed E-state index contributed by atoms with van der Waals surface area (Å²) < 4.78 is 0.981. The normalized spacial score (nSPS) is 17.3. The number of amides is 2. The zero-order chi connectivity index (χ0) is 17.8. The first kappa shape index (κ1) is 17.4. The van der Waals surface area contributed by atoms with Gasteiger partial charge in [0, 0.05) is 23.1 Å². The number of hydrazone groups is 1. The summed E-state index contributed by atoms with van der Waals surface area (Å²) in [4.78, 5) is 26.1. The van der Waals surface area contributed by atoms with Crippen LogP contribution in [0.4, 0.5) is 5.69 Å². The SMILES string of the molecule is Cc1ccc(N2C[C@H](C(=O)N/N=C\c3ccc(Br)cc3)CC2=O)cc1. The smallest absolute Gasteiger partial charge is 0.245 e. The average Bonchev–Trinajstić information content (AvgIpc) is 2.99. The fourth-order valence-electron chi connectivity index (χ4n) is 2.67. The quantitative estimate of drug-likeness (QED) is 0.633. The Hall–Kier alpha value is -2.47. The number of carbonyl (C=O) groups is 2. The van der Waals surface area contributed by atoms with E-state index in [1.807, 2.05) is 55.5 Å². The number of nitrogens with one attached hydrogen (secondary N) is 1. The van der Waals surface area contributed by atoms with Crippen molar-refractivity contribution in [1.29, 1.82) is 0 Å². The molecule has 2 aromatic rings. The molecule has 1 saturated heterocycles. The van der Waals surface area contributed by atoms with Gasteiger partial charge in [0.05, 0.1) is 12.1 Å². The van der Waals surface area contributed by atoms with Gasteiger partial charge >= 0.3 is 0 Å². The summed E-state index contributed by atoms with van der Waals surface area (Å²) in [7, 11) is 0. The summed E-state index contributed by atoms with van der Waals surface area (Å²) in [6.45, 7) is 2.37. The lowest BCUT2D eigenvalue weighted by Crippen LogP contribution is -2.30. The van der Waals surface area contributed by atoms with Crippen molar-refractivity contribution in [2.75, 3.05) is 11.4 Å².